The number of rotatable bonds is 2. The number of aryl methyl sites for hydroxylation is 1. The molecule has 0 spiro atoms. The molecule has 18 heavy (non-hydrogen) atoms. The SMILES string of the molecule is Cc1sc2nc(C=O)cn2c1-c1ccc(Cl)cc1. The lowest BCUT2D eigenvalue weighted by atomic mass is 10.1. The number of benzene rings is 1. The third kappa shape index (κ3) is 1.74. The summed E-state index contributed by atoms with van der Waals surface area (Å²) in [4.78, 5) is 17.0. The van der Waals surface area contributed by atoms with Crippen molar-refractivity contribution in [2.24, 2.45) is 0 Å². The number of hydrogen-bond acceptors (Lipinski definition) is 3. The summed E-state index contributed by atoms with van der Waals surface area (Å²) in [6.45, 7) is 2.05. The molecule has 3 aromatic rings. The molecule has 0 amide bonds. The summed E-state index contributed by atoms with van der Waals surface area (Å²) >= 11 is 7.47. The number of aromatic nitrogens is 2. The fourth-order valence-electron chi connectivity index (χ4n) is 1.97. The molecule has 0 saturated heterocycles. The zero-order chi connectivity index (χ0) is 12.7. The van der Waals surface area contributed by atoms with Crippen LogP contribution in [0.4, 0.5) is 0 Å². The number of aldehydes is 1. The summed E-state index contributed by atoms with van der Waals surface area (Å²) < 4.78 is 1.95. The largest absolute Gasteiger partial charge is 0.296 e. The van der Waals surface area contributed by atoms with Gasteiger partial charge in [0.05, 0.1) is 5.69 Å². The van der Waals surface area contributed by atoms with Gasteiger partial charge in [-0.2, -0.15) is 0 Å². The molecule has 5 heteroatoms. The van der Waals surface area contributed by atoms with Crippen LogP contribution in [0, 0.1) is 6.92 Å². The van der Waals surface area contributed by atoms with Crippen LogP contribution in [-0.2, 0) is 0 Å². The van der Waals surface area contributed by atoms with Crippen molar-refractivity contribution in [3.8, 4) is 11.3 Å². The van der Waals surface area contributed by atoms with Gasteiger partial charge in [0, 0.05) is 16.1 Å². The molecule has 0 bridgehead atoms. The van der Waals surface area contributed by atoms with E-state index in [9.17, 15) is 4.79 Å². The molecular weight excluding hydrogens is 268 g/mol. The van der Waals surface area contributed by atoms with Crippen molar-refractivity contribution in [2.75, 3.05) is 0 Å². The van der Waals surface area contributed by atoms with E-state index in [1.54, 1.807) is 17.5 Å². The summed E-state index contributed by atoms with van der Waals surface area (Å²) in [5, 5.41) is 0.710. The Labute approximate surface area is 113 Å². The Hall–Kier alpha value is -1.65. The van der Waals surface area contributed by atoms with Gasteiger partial charge in [-0.25, -0.2) is 4.98 Å². The van der Waals surface area contributed by atoms with Crippen LogP contribution in [-0.4, -0.2) is 15.7 Å². The van der Waals surface area contributed by atoms with Crippen LogP contribution in [0.15, 0.2) is 30.5 Å². The maximum atomic E-state index is 10.8. The van der Waals surface area contributed by atoms with E-state index < -0.39 is 0 Å². The van der Waals surface area contributed by atoms with Crippen molar-refractivity contribution in [1.82, 2.24) is 9.38 Å². The number of halogens is 1. The number of imidazole rings is 1. The molecule has 1 aromatic carbocycles. The van der Waals surface area contributed by atoms with E-state index in [1.165, 1.54) is 0 Å². The molecule has 0 aliphatic carbocycles. The Morgan fingerprint density at radius 2 is 2.06 bits per heavy atom. The second-order valence-corrected chi connectivity index (χ2v) is 5.57. The first-order valence-electron chi connectivity index (χ1n) is 5.38. The van der Waals surface area contributed by atoms with Crippen LogP contribution < -0.4 is 0 Å². The molecule has 0 aliphatic heterocycles. The van der Waals surface area contributed by atoms with Crippen LogP contribution in [0.3, 0.4) is 0 Å². The average Bonchev–Trinajstić information content (AvgIpc) is 2.87. The molecule has 0 aliphatic rings. The van der Waals surface area contributed by atoms with Crippen LogP contribution in [0.5, 0.6) is 0 Å². The first-order valence-corrected chi connectivity index (χ1v) is 6.58. The van der Waals surface area contributed by atoms with Crippen molar-refractivity contribution in [1.29, 1.82) is 0 Å². The molecule has 2 aromatic heterocycles. The minimum atomic E-state index is 0.455. The normalized spacial score (nSPS) is 11.0. The van der Waals surface area contributed by atoms with Gasteiger partial charge < -0.3 is 0 Å². The van der Waals surface area contributed by atoms with E-state index >= 15 is 0 Å². The highest BCUT2D eigenvalue weighted by molar-refractivity contribution is 7.17. The van der Waals surface area contributed by atoms with E-state index in [0.717, 1.165) is 27.4 Å². The topological polar surface area (TPSA) is 34.4 Å². The second kappa shape index (κ2) is 4.23. The van der Waals surface area contributed by atoms with E-state index in [0.29, 0.717) is 10.7 Å². The van der Waals surface area contributed by atoms with Crippen LogP contribution >= 0.6 is 22.9 Å². The van der Waals surface area contributed by atoms with Crippen molar-refractivity contribution < 1.29 is 4.79 Å². The summed E-state index contributed by atoms with van der Waals surface area (Å²) in [6, 6.07) is 7.66. The quantitative estimate of drug-likeness (QED) is 0.667. The third-order valence-electron chi connectivity index (χ3n) is 2.75. The van der Waals surface area contributed by atoms with E-state index in [4.69, 9.17) is 11.6 Å². The molecule has 0 radical (unpaired) electrons. The monoisotopic (exact) mass is 276 g/mol. The van der Waals surface area contributed by atoms with Gasteiger partial charge in [0.1, 0.15) is 5.69 Å². The predicted molar refractivity (Wildman–Crippen MR) is 73.6 cm³/mol. The van der Waals surface area contributed by atoms with Gasteiger partial charge in [-0.15, -0.1) is 11.3 Å². The standard InChI is InChI=1S/C13H9ClN2OS/c1-8-12(9-2-4-10(14)5-3-9)16-6-11(7-17)15-13(16)18-8/h2-7H,1H3. The molecule has 2 heterocycles. The molecular formula is C13H9ClN2OS. The van der Waals surface area contributed by atoms with Gasteiger partial charge in [-0.3, -0.25) is 9.20 Å². The Morgan fingerprint density at radius 3 is 2.72 bits per heavy atom. The number of nitrogens with zero attached hydrogens (tertiary/aromatic N) is 2. The Balaban J connectivity index is 2.26. The maximum Gasteiger partial charge on any atom is 0.195 e. The van der Waals surface area contributed by atoms with Crippen molar-refractivity contribution in [3.05, 3.63) is 46.1 Å². The molecule has 0 N–H and O–H groups in total. The lowest BCUT2D eigenvalue weighted by Gasteiger charge is -2.01. The number of carbonyl (C=O) groups excluding carboxylic acids is 1. The molecule has 3 rings (SSSR count). The Kier molecular flexibility index (Phi) is 2.69. The van der Waals surface area contributed by atoms with Gasteiger partial charge in [0.15, 0.2) is 11.2 Å². The summed E-state index contributed by atoms with van der Waals surface area (Å²) in [5.74, 6) is 0. The minimum absolute atomic E-state index is 0.455. The first kappa shape index (κ1) is 11.4. The fraction of sp³-hybridized carbons (Fsp3) is 0.0769. The highest BCUT2D eigenvalue weighted by Crippen LogP contribution is 2.31. The van der Waals surface area contributed by atoms with E-state index in [1.807, 2.05) is 35.6 Å². The molecule has 90 valence electrons. The first-order chi connectivity index (χ1) is 8.69. The molecule has 0 fully saturated rings. The highest BCUT2D eigenvalue weighted by Gasteiger charge is 2.13. The second-order valence-electron chi connectivity index (χ2n) is 3.95. The zero-order valence-corrected chi connectivity index (χ0v) is 11.1. The fourth-order valence-corrected chi connectivity index (χ4v) is 3.08. The summed E-state index contributed by atoms with van der Waals surface area (Å²) in [5.41, 5.74) is 2.58. The molecule has 0 atom stereocenters. The Morgan fingerprint density at radius 1 is 1.33 bits per heavy atom. The van der Waals surface area contributed by atoms with Gasteiger partial charge in [0.25, 0.3) is 0 Å². The average molecular weight is 277 g/mol. The molecule has 0 saturated carbocycles. The number of thiazole rings is 1. The van der Waals surface area contributed by atoms with Crippen molar-refractivity contribution in [3.63, 3.8) is 0 Å². The Bertz CT molecular complexity index is 727. The van der Waals surface area contributed by atoms with Gasteiger partial charge in [-0.05, 0) is 24.6 Å². The van der Waals surface area contributed by atoms with Gasteiger partial charge in [0.2, 0.25) is 0 Å². The van der Waals surface area contributed by atoms with E-state index in [2.05, 4.69) is 4.98 Å². The van der Waals surface area contributed by atoms with Crippen molar-refractivity contribution in [2.45, 2.75) is 6.92 Å². The minimum Gasteiger partial charge on any atom is -0.296 e. The number of hydrogen-bond donors (Lipinski definition) is 0. The third-order valence-corrected chi connectivity index (χ3v) is 3.97. The lowest BCUT2D eigenvalue weighted by Crippen LogP contribution is -1.86. The number of carbonyl (C=O) groups is 1. The van der Waals surface area contributed by atoms with E-state index in [-0.39, 0.29) is 0 Å². The van der Waals surface area contributed by atoms with Gasteiger partial charge in [-0.1, -0.05) is 23.7 Å². The molecule has 3 nitrogen and oxygen atoms in total. The predicted octanol–water partition coefficient (Wildman–Crippen LogP) is 3.84. The number of fused-ring (bicyclic) bond motifs is 1. The zero-order valence-electron chi connectivity index (χ0n) is 9.55. The van der Waals surface area contributed by atoms with Crippen LogP contribution in [0.2, 0.25) is 5.02 Å². The maximum absolute atomic E-state index is 10.8. The molecule has 0 unspecified atom stereocenters. The lowest BCUT2D eigenvalue weighted by molar-refractivity contribution is 0.111. The smallest absolute Gasteiger partial charge is 0.195 e. The van der Waals surface area contributed by atoms with Crippen LogP contribution in [0.25, 0.3) is 16.2 Å². The highest BCUT2D eigenvalue weighted by atomic mass is 35.5. The van der Waals surface area contributed by atoms with Crippen molar-refractivity contribution >= 4 is 34.2 Å². The summed E-state index contributed by atoms with van der Waals surface area (Å²) in [6.07, 6.45) is 2.52. The summed E-state index contributed by atoms with van der Waals surface area (Å²) in [7, 11) is 0. The van der Waals surface area contributed by atoms with Gasteiger partial charge >= 0.3 is 0 Å². The van der Waals surface area contributed by atoms with Crippen LogP contribution in [0.1, 0.15) is 15.4 Å².